The summed E-state index contributed by atoms with van der Waals surface area (Å²) in [6, 6.07) is 7.41. The maximum absolute atomic E-state index is 12.4. The minimum atomic E-state index is -4.00. The van der Waals surface area contributed by atoms with Gasteiger partial charge < -0.3 is 10.1 Å². The molecule has 0 fully saturated rings. The monoisotopic (exact) mass is 485 g/mol. The SMILES string of the molecule is COC(=O)CCC(=O)c1ccccc1NCCCCCCCCCCCCCCCC(F)(F)F. The highest BCUT2D eigenvalue weighted by Gasteiger charge is 2.25. The topological polar surface area (TPSA) is 55.4 Å². The van der Waals surface area contributed by atoms with E-state index in [9.17, 15) is 22.8 Å². The summed E-state index contributed by atoms with van der Waals surface area (Å²) in [5.41, 5.74) is 1.44. The Hall–Kier alpha value is -2.05. The van der Waals surface area contributed by atoms with Gasteiger partial charge in [-0.1, -0.05) is 82.8 Å². The summed E-state index contributed by atoms with van der Waals surface area (Å²) in [5.74, 6) is -0.438. The number of methoxy groups -OCH3 is 1. The van der Waals surface area contributed by atoms with Gasteiger partial charge in [0.2, 0.25) is 0 Å². The number of esters is 1. The highest BCUT2D eigenvalue weighted by atomic mass is 19.4. The number of nitrogens with one attached hydrogen (secondary N) is 1. The fourth-order valence-electron chi connectivity index (χ4n) is 3.95. The maximum atomic E-state index is 12.4. The highest BCUT2D eigenvalue weighted by molar-refractivity contribution is 6.02. The van der Waals surface area contributed by atoms with Gasteiger partial charge in [0.05, 0.1) is 13.5 Å². The number of halogens is 3. The number of ether oxygens (including phenoxy) is 1. The quantitative estimate of drug-likeness (QED) is 0.115. The summed E-state index contributed by atoms with van der Waals surface area (Å²) >= 11 is 0. The molecule has 34 heavy (non-hydrogen) atoms. The van der Waals surface area contributed by atoms with Crippen LogP contribution in [0.1, 0.15) is 113 Å². The summed E-state index contributed by atoms with van der Waals surface area (Å²) < 4.78 is 40.8. The lowest BCUT2D eigenvalue weighted by Crippen LogP contribution is -2.10. The molecule has 0 aliphatic heterocycles. The van der Waals surface area contributed by atoms with Crippen molar-refractivity contribution in [2.75, 3.05) is 19.0 Å². The Balaban J connectivity index is 1.99. The summed E-state index contributed by atoms with van der Waals surface area (Å²) in [6.45, 7) is 0.810. The van der Waals surface area contributed by atoms with Crippen LogP contribution in [0.5, 0.6) is 0 Å². The van der Waals surface area contributed by atoms with Crippen LogP contribution in [0.4, 0.5) is 18.9 Å². The van der Waals surface area contributed by atoms with E-state index < -0.39 is 12.6 Å². The third kappa shape index (κ3) is 15.7. The van der Waals surface area contributed by atoms with Gasteiger partial charge >= 0.3 is 12.1 Å². The second kappa shape index (κ2) is 18.3. The Kier molecular flexibility index (Phi) is 16.1. The van der Waals surface area contributed by atoms with Crippen LogP contribution in [0.2, 0.25) is 0 Å². The van der Waals surface area contributed by atoms with Crippen LogP contribution in [0.3, 0.4) is 0 Å². The lowest BCUT2D eigenvalue weighted by molar-refractivity contribution is -0.140. The molecule has 194 valence electrons. The first-order valence-electron chi connectivity index (χ1n) is 12.8. The van der Waals surface area contributed by atoms with Crippen LogP contribution in [0, 0.1) is 0 Å². The number of para-hydroxylation sites is 1. The zero-order valence-corrected chi connectivity index (χ0v) is 20.7. The van der Waals surface area contributed by atoms with E-state index in [1.54, 1.807) is 6.07 Å². The van der Waals surface area contributed by atoms with E-state index >= 15 is 0 Å². The number of anilines is 1. The van der Waals surface area contributed by atoms with E-state index in [1.165, 1.54) is 45.6 Å². The predicted molar refractivity (Wildman–Crippen MR) is 131 cm³/mol. The molecule has 0 bridgehead atoms. The van der Waals surface area contributed by atoms with Crippen molar-refractivity contribution in [1.29, 1.82) is 0 Å². The van der Waals surface area contributed by atoms with E-state index in [2.05, 4.69) is 10.1 Å². The van der Waals surface area contributed by atoms with Crippen molar-refractivity contribution in [3.63, 3.8) is 0 Å². The molecule has 4 nitrogen and oxygen atoms in total. The normalized spacial score (nSPS) is 11.4. The first kappa shape index (κ1) is 30.0. The Morgan fingerprint density at radius 3 is 1.79 bits per heavy atom. The number of hydrogen-bond donors (Lipinski definition) is 1. The molecule has 1 aromatic carbocycles. The molecule has 0 aliphatic carbocycles. The van der Waals surface area contributed by atoms with Crippen LogP contribution >= 0.6 is 0 Å². The molecule has 1 aromatic rings. The molecule has 0 aromatic heterocycles. The lowest BCUT2D eigenvalue weighted by Gasteiger charge is -2.11. The Labute approximate surface area is 203 Å². The molecular formula is C27H42F3NO3. The average molecular weight is 486 g/mol. The Morgan fingerprint density at radius 1 is 0.765 bits per heavy atom. The molecule has 0 unspecified atom stereocenters. The van der Waals surface area contributed by atoms with Crippen LogP contribution in [-0.2, 0) is 9.53 Å². The molecular weight excluding hydrogens is 443 g/mol. The second-order valence-corrected chi connectivity index (χ2v) is 8.93. The van der Waals surface area contributed by atoms with Gasteiger partial charge in [-0.2, -0.15) is 13.2 Å². The van der Waals surface area contributed by atoms with E-state index in [4.69, 9.17) is 0 Å². The van der Waals surface area contributed by atoms with Crippen molar-refractivity contribution < 1.29 is 27.5 Å². The zero-order chi connectivity index (χ0) is 25.1. The average Bonchev–Trinajstić information content (AvgIpc) is 2.81. The van der Waals surface area contributed by atoms with Crippen LogP contribution in [0.25, 0.3) is 0 Å². The Morgan fingerprint density at radius 2 is 1.26 bits per heavy atom. The van der Waals surface area contributed by atoms with Gasteiger partial charge in [-0.3, -0.25) is 9.59 Å². The van der Waals surface area contributed by atoms with Crippen LogP contribution in [0.15, 0.2) is 24.3 Å². The largest absolute Gasteiger partial charge is 0.469 e. The zero-order valence-electron chi connectivity index (χ0n) is 20.7. The van der Waals surface area contributed by atoms with Crippen molar-refractivity contribution in [1.82, 2.24) is 0 Å². The molecule has 1 rings (SSSR count). The number of carbonyl (C=O) groups excluding carboxylic acids is 2. The van der Waals surface area contributed by atoms with E-state index in [-0.39, 0.29) is 31.0 Å². The molecule has 0 radical (unpaired) electrons. The second-order valence-electron chi connectivity index (χ2n) is 8.93. The first-order valence-corrected chi connectivity index (χ1v) is 12.8. The molecule has 0 spiro atoms. The minimum Gasteiger partial charge on any atom is -0.469 e. The third-order valence-electron chi connectivity index (χ3n) is 5.96. The van der Waals surface area contributed by atoms with Gasteiger partial charge in [-0.25, -0.2) is 0 Å². The summed E-state index contributed by atoms with van der Waals surface area (Å²) in [4.78, 5) is 23.7. The lowest BCUT2D eigenvalue weighted by atomic mass is 10.0. The number of alkyl halides is 3. The smallest absolute Gasteiger partial charge is 0.389 e. The maximum Gasteiger partial charge on any atom is 0.389 e. The highest BCUT2D eigenvalue weighted by Crippen LogP contribution is 2.23. The van der Waals surface area contributed by atoms with E-state index in [0.717, 1.165) is 44.3 Å². The fourth-order valence-corrected chi connectivity index (χ4v) is 3.95. The number of rotatable bonds is 20. The summed E-state index contributed by atoms with van der Waals surface area (Å²) in [5, 5.41) is 3.35. The fraction of sp³-hybridized carbons (Fsp3) is 0.704. The van der Waals surface area contributed by atoms with Crippen molar-refractivity contribution in [3.8, 4) is 0 Å². The number of carbonyl (C=O) groups is 2. The van der Waals surface area contributed by atoms with Gasteiger partial charge in [0.1, 0.15) is 0 Å². The molecule has 0 atom stereocenters. The number of ketones is 1. The minimum absolute atomic E-state index is 0.0602. The number of hydrogen-bond acceptors (Lipinski definition) is 4. The van der Waals surface area contributed by atoms with Crippen molar-refractivity contribution in [2.24, 2.45) is 0 Å². The number of benzene rings is 1. The summed E-state index contributed by atoms with van der Waals surface area (Å²) in [7, 11) is 1.32. The van der Waals surface area contributed by atoms with Crippen molar-refractivity contribution >= 4 is 17.4 Å². The molecule has 0 saturated heterocycles. The molecule has 0 aliphatic rings. The third-order valence-corrected chi connectivity index (χ3v) is 5.96. The Bertz CT molecular complexity index is 692. The van der Waals surface area contributed by atoms with Gasteiger partial charge in [-0.05, 0) is 25.0 Å². The molecule has 0 saturated carbocycles. The molecule has 0 amide bonds. The van der Waals surface area contributed by atoms with Crippen LogP contribution in [-0.4, -0.2) is 31.6 Å². The van der Waals surface area contributed by atoms with E-state index in [0.29, 0.717) is 12.0 Å². The molecule has 0 heterocycles. The molecule has 1 N–H and O–H groups in total. The van der Waals surface area contributed by atoms with Gasteiger partial charge in [0.25, 0.3) is 0 Å². The first-order chi connectivity index (χ1) is 16.3. The molecule has 7 heteroatoms. The standard InChI is InChI=1S/C27H42F3NO3/c1-34-26(33)20-19-25(32)23-17-13-14-18-24(23)31-22-16-12-10-8-6-4-2-3-5-7-9-11-15-21-27(28,29)30/h13-14,17-18,31H,2-12,15-16,19-22H2,1H3. The van der Waals surface area contributed by atoms with Gasteiger partial charge in [-0.15, -0.1) is 0 Å². The van der Waals surface area contributed by atoms with Gasteiger partial charge in [0.15, 0.2) is 5.78 Å². The van der Waals surface area contributed by atoms with E-state index in [1.807, 2.05) is 18.2 Å². The van der Waals surface area contributed by atoms with Crippen molar-refractivity contribution in [2.45, 2.75) is 109 Å². The summed E-state index contributed by atoms with van der Waals surface area (Å²) in [6.07, 6.45) is 9.09. The number of Topliss-reactive ketones (excluding diaryl/α,β-unsaturated/α-hetero) is 1. The van der Waals surface area contributed by atoms with Crippen LogP contribution < -0.4 is 5.32 Å². The predicted octanol–water partition coefficient (Wildman–Crippen LogP) is 8.26. The van der Waals surface area contributed by atoms with Gasteiger partial charge in [0, 0.05) is 30.6 Å². The van der Waals surface area contributed by atoms with Crippen molar-refractivity contribution in [3.05, 3.63) is 29.8 Å². The number of unbranched alkanes of at least 4 members (excludes halogenated alkanes) is 12.